The second kappa shape index (κ2) is 4.73. The average Bonchev–Trinajstić information content (AvgIpc) is 3.11. The molecule has 3 rings (SSSR count). The highest BCUT2D eigenvalue weighted by molar-refractivity contribution is 5.79. The molecular formula is C15H20N2O. The minimum absolute atomic E-state index is 0.252. The molecule has 1 atom stereocenters. The van der Waals surface area contributed by atoms with Crippen LogP contribution in [-0.2, 0) is 11.2 Å². The maximum absolute atomic E-state index is 12.3. The lowest BCUT2D eigenvalue weighted by atomic mass is 10.1. The van der Waals surface area contributed by atoms with Crippen LogP contribution in [0.2, 0.25) is 0 Å². The lowest BCUT2D eigenvalue weighted by molar-refractivity contribution is -0.133. The van der Waals surface area contributed by atoms with Gasteiger partial charge in [-0.2, -0.15) is 0 Å². The number of nitrogens with one attached hydrogen (secondary N) is 1. The number of carbonyl (C=O) groups excluding carboxylic acids is 1. The average molecular weight is 244 g/mol. The summed E-state index contributed by atoms with van der Waals surface area (Å²) in [6.07, 6.45) is 4.55. The molecule has 1 aromatic carbocycles. The molecule has 0 aromatic heterocycles. The molecule has 18 heavy (non-hydrogen) atoms. The van der Waals surface area contributed by atoms with Crippen molar-refractivity contribution in [1.82, 2.24) is 10.2 Å². The lowest BCUT2D eigenvalue weighted by Gasteiger charge is -2.30. The SMILES string of the molecule is CNCC(=O)N(C1CC1)C1CCc2ccccc21. The fourth-order valence-electron chi connectivity index (χ4n) is 3.05. The van der Waals surface area contributed by atoms with E-state index in [9.17, 15) is 4.79 Å². The van der Waals surface area contributed by atoms with Gasteiger partial charge in [-0.25, -0.2) is 0 Å². The third-order valence-electron chi connectivity index (χ3n) is 3.99. The molecule has 2 aliphatic carbocycles. The van der Waals surface area contributed by atoms with E-state index in [1.807, 2.05) is 7.05 Å². The zero-order chi connectivity index (χ0) is 12.5. The summed E-state index contributed by atoms with van der Waals surface area (Å²) < 4.78 is 0. The number of carbonyl (C=O) groups is 1. The first kappa shape index (κ1) is 11.7. The Labute approximate surface area is 108 Å². The number of rotatable bonds is 4. The molecule has 1 fully saturated rings. The molecule has 0 spiro atoms. The van der Waals surface area contributed by atoms with Gasteiger partial charge in [-0.05, 0) is 43.9 Å². The molecule has 1 amide bonds. The quantitative estimate of drug-likeness (QED) is 0.877. The predicted molar refractivity (Wildman–Crippen MR) is 71.3 cm³/mol. The normalized spacial score (nSPS) is 21.7. The van der Waals surface area contributed by atoms with Gasteiger partial charge < -0.3 is 10.2 Å². The number of nitrogens with zero attached hydrogens (tertiary/aromatic N) is 1. The Hall–Kier alpha value is -1.35. The third kappa shape index (κ3) is 2.03. The molecule has 1 aromatic rings. The molecule has 0 heterocycles. The van der Waals surface area contributed by atoms with Crippen molar-refractivity contribution < 1.29 is 4.79 Å². The van der Waals surface area contributed by atoms with Crippen LogP contribution in [0.5, 0.6) is 0 Å². The molecule has 0 saturated heterocycles. The number of likely N-dealkylation sites (N-methyl/N-ethyl adjacent to an activating group) is 1. The van der Waals surface area contributed by atoms with Crippen molar-refractivity contribution >= 4 is 5.91 Å². The maximum atomic E-state index is 12.3. The van der Waals surface area contributed by atoms with E-state index < -0.39 is 0 Å². The summed E-state index contributed by atoms with van der Waals surface area (Å²) in [7, 11) is 1.84. The van der Waals surface area contributed by atoms with Crippen molar-refractivity contribution in [2.75, 3.05) is 13.6 Å². The number of hydrogen-bond acceptors (Lipinski definition) is 2. The van der Waals surface area contributed by atoms with E-state index in [-0.39, 0.29) is 5.91 Å². The second-order valence-electron chi connectivity index (χ2n) is 5.32. The minimum atomic E-state index is 0.252. The van der Waals surface area contributed by atoms with Crippen molar-refractivity contribution in [1.29, 1.82) is 0 Å². The van der Waals surface area contributed by atoms with Gasteiger partial charge in [-0.1, -0.05) is 24.3 Å². The molecule has 96 valence electrons. The van der Waals surface area contributed by atoms with Crippen LogP contribution in [0.4, 0.5) is 0 Å². The fraction of sp³-hybridized carbons (Fsp3) is 0.533. The van der Waals surface area contributed by atoms with Gasteiger partial charge in [-0.3, -0.25) is 4.79 Å². The zero-order valence-electron chi connectivity index (χ0n) is 10.9. The van der Waals surface area contributed by atoms with Crippen LogP contribution < -0.4 is 5.32 Å². The fourth-order valence-corrected chi connectivity index (χ4v) is 3.05. The predicted octanol–water partition coefficient (Wildman–Crippen LogP) is 1.88. The van der Waals surface area contributed by atoms with Crippen molar-refractivity contribution in [2.24, 2.45) is 0 Å². The molecule has 1 saturated carbocycles. The Kier molecular flexibility index (Phi) is 3.08. The lowest BCUT2D eigenvalue weighted by Crippen LogP contribution is -2.40. The molecule has 0 radical (unpaired) electrons. The van der Waals surface area contributed by atoms with Crippen LogP contribution >= 0.6 is 0 Å². The van der Waals surface area contributed by atoms with Gasteiger partial charge in [0.15, 0.2) is 0 Å². The molecule has 0 aliphatic heterocycles. The highest BCUT2D eigenvalue weighted by Gasteiger charge is 2.39. The smallest absolute Gasteiger partial charge is 0.237 e. The van der Waals surface area contributed by atoms with E-state index in [2.05, 4.69) is 34.5 Å². The Morgan fingerprint density at radius 1 is 1.33 bits per heavy atom. The topological polar surface area (TPSA) is 32.3 Å². The molecule has 1 N–H and O–H groups in total. The van der Waals surface area contributed by atoms with Crippen LogP contribution in [0.1, 0.15) is 36.4 Å². The monoisotopic (exact) mass is 244 g/mol. The Bertz CT molecular complexity index is 454. The summed E-state index contributed by atoms with van der Waals surface area (Å²) in [4.78, 5) is 14.4. The molecule has 3 nitrogen and oxygen atoms in total. The summed E-state index contributed by atoms with van der Waals surface area (Å²) in [6, 6.07) is 9.37. The van der Waals surface area contributed by atoms with Crippen LogP contribution in [0.3, 0.4) is 0 Å². The highest BCUT2D eigenvalue weighted by atomic mass is 16.2. The summed E-state index contributed by atoms with van der Waals surface area (Å²) in [5, 5.41) is 2.99. The van der Waals surface area contributed by atoms with Gasteiger partial charge in [-0.15, -0.1) is 0 Å². The van der Waals surface area contributed by atoms with Crippen LogP contribution in [0.25, 0.3) is 0 Å². The zero-order valence-corrected chi connectivity index (χ0v) is 10.9. The van der Waals surface area contributed by atoms with Gasteiger partial charge >= 0.3 is 0 Å². The second-order valence-corrected chi connectivity index (χ2v) is 5.32. The van der Waals surface area contributed by atoms with Gasteiger partial charge in [0.1, 0.15) is 0 Å². The largest absolute Gasteiger partial charge is 0.332 e. The molecule has 0 bridgehead atoms. The van der Waals surface area contributed by atoms with Crippen LogP contribution in [0, 0.1) is 0 Å². The third-order valence-corrected chi connectivity index (χ3v) is 3.99. The molecular weight excluding hydrogens is 224 g/mol. The van der Waals surface area contributed by atoms with E-state index in [1.165, 1.54) is 24.0 Å². The first-order chi connectivity index (χ1) is 8.81. The van der Waals surface area contributed by atoms with Gasteiger partial charge in [0.2, 0.25) is 5.91 Å². The first-order valence-corrected chi connectivity index (χ1v) is 6.85. The summed E-state index contributed by atoms with van der Waals surface area (Å²) in [5.74, 6) is 0.252. The number of hydrogen-bond donors (Lipinski definition) is 1. The van der Waals surface area contributed by atoms with Gasteiger partial charge in [0.05, 0.1) is 12.6 Å². The van der Waals surface area contributed by atoms with E-state index in [0.29, 0.717) is 18.6 Å². The van der Waals surface area contributed by atoms with Gasteiger partial charge in [0, 0.05) is 6.04 Å². The number of aryl methyl sites for hydroxylation is 1. The summed E-state index contributed by atoms with van der Waals surface area (Å²) >= 11 is 0. The van der Waals surface area contributed by atoms with Crippen LogP contribution in [0.15, 0.2) is 24.3 Å². The van der Waals surface area contributed by atoms with E-state index in [1.54, 1.807) is 0 Å². The van der Waals surface area contributed by atoms with Gasteiger partial charge in [0.25, 0.3) is 0 Å². The number of amides is 1. The van der Waals surface area contributed by atoms with E-state index in [4.69, 9.17) is 0 Å². The first-order valence-electron chi connectivity index (χ1n) is 6.85. The minimum Gasteiger partial charge on any atom is -0.332 e. The number of benzene rings is 1. The van der Waals surface area contributed by atoms with E-state index >= 15 is 0 Å². The van der Waals surface area contributed by atoms with Crippen molar-refractivity contribution in [2.45, 2.75) is 37.8 Å². The standard InChI is InChI=1S/C15H20N2O/c1-16-10-15(18)17(12-7-8-12)14-9-6-11-4-2-3-5-13(11)14/h2-5,12,14,16H,6-10H2,1H3. The van der Waals surface area contributed by atoms with Crippen molar-refractivity contribution in [3.63, 3.8) is 0 Å². The van der Waals surface area contributed by atoms with Crippen molar-refractivity contribution in [3.05, 3.63) is 35.4 Å². The number of fused-ring (bicyclic) bond motifs is 1. The molecule has 2 aliphatic rings. The molecule has 3 heteroatoms. The Balaban J connectivity index is 1.86. The molecule has 1 unspecified atom stereocenters. The van der Waals surface area contributed by atoms with Crippen LogP contribution in [-0.4, -0.2) is 30.4 Å². The highest BCUT2D eigenvalue weighted by Crippen LogP contribution is 2.41. The maximum Gasteiger partial charge on any atom is 0.237 e. The summed E-state index contributed by atoms with van der Waals surface area (Å²) in [6.45, 7) is 0.454. The van der Waals surface area contributed by atoms with Crippen molar-refractivity contribution in [3.8, 4) is 0 Å². The van der Waals surface area contributed by atoms with E-state index in [0.717, 1.165) is 12.8 Å². The Morgan fingerprint density at radius 2 is 2.11 bits per heavy atom. The Morgan fingerprint density at radius 3 is 2.83 bits per heavy atom. The summed E-state index contributed by atoms with van der Waals surface area (Å²) in [5.41, 5.74) is 2.79.